The molecule has 5 rings (SSSR count). The van der Waals surface area contributed by atoms with Gasteiger partial charge in [-0.3, -0.25) is 29.0 Å². The molecule has 17 nitrogen and oxygen atoms in total. The van der Waals surface area contributed by atoms with Gasteiger partial charge in [0.15, 0.2) is 11.9 Å². The Labute approximate surface area is 328 Å². The summed E-state index contributed by atoms with van der Waals surface area (Å²) in [5.74, 6) is -3.72. The minimum atomic E-state index is -1.25. The molecular weight excluding hydrogens is 731 g/mol. The zero-order valence-electron chi connectivity index (χ0n) is 31.1. The average molecular weight is 778 g/mol. The fourth-order valence-corrected chi connectivity index (χ4v) is 6.31. The Hall–Kier alpha value is -7.17. The van der Waals surface area contributed by atoms with Gasteiger partial charge in [0.05, 0.1) is 12.2 Å². The second-order valence-corrected chi connectivity index (χ2v) is 13.6. The van der Waals surface area contributed by atoms with Crippen molar-refractivity contribution >= 4 is 57.9 Å². The lowest BCUT2D eigenvalue weighted by atomic mass is 10.00. The van der Waals surface area contributed by atoms with Crippen LogP contribution in [0.4, 0.5) is 5.69 Å². The van der Waals surface area contributed by atoms with E-state index < -0.39 is 60.2 Å². The lowest BCUT2D eigenvalue weighted by molar-refractivity contribution is -0.134. The summed E-state index contributed by atoms with van der Waals surface area (Å²) in [7, 11) is 0. The molecule has 0 aliphatic carbocycles. The van der Waals surface area contributed by atoms with E-state index in [0.29, 0.717) is 16.8 Å². The molecule has 0 spiro atoms. The minimum Gasteiger partial charge on any atom is -0.508 e. The van der Waals surface area contributed by atoms with E-state index in [4.69, 9.17) is 22.9 Å². The van der Waals surface area contributed by atoms with Crippen molar-refractivity contribution < 1.29 is 29.1 Å². The summed E-state index contributed by atoms with van der Waals surface area (Å²) in [4.78, 5) is 77.4. The lowest BCUT2D eigenvalue weighted by Gasteiger charge is -2.26. The van der Waals surface area contributed by atoms with Crippen LogP contribution in [0.1, 0.15) is 29.5 Å². The Morgan fingerprint density at radius 2 is 1.12 bits per heavy atom. The summed E-state index contributed by atoms with van der Waals surface area (Å²) in [6.07, 6.45) is 0.336. The molecule has 1 fully saturated rings. The number of hydrogen-bond acceptors (Lipinski definition) is 8. The molecule has 1 aliphatic heterocycles. The van der Waals surface area contributed by atoms with Crippen LogP contribution in [0.2, 0.25) is 0 Å². The van der Waals surface area contributed by atoms with E-state index in [1.807, 2.05) is 42.5 Å². The van der Waals surface area contributed by atoms with Crippen LogP contribution >= 0.6 is 0 Å². The van der Waals surface area contributed by atoms with Crippen molar-refractivity contribution in [2.24, 2.45) is 32.9 Å². The van der Waals surface area contributed by atoms with E-state index in [1.54, 1.807) is 36.4 Å². The number of fused-ring (bicyclic) bond motifs is 1. The average Bonchev–Trinajstić information content (AvgIpc) is 3.18. The quantitative estimate of drug-likeness (QED) is 0.0534. The van der Waals surface area contributed by atoms with Gasteiger partial charge < -0.3 is 54.6 Å². The molecule has 0 unspecified atom stereocenters. The van der Waals surface area contributed by atoms with Gasteiger partial charge >= 0.3 is 0 Å². The largest absolute Gasteiger partial charge is 0.508 e. The number of aromatic hydroxyl groups is 1. The van der Waals surface area contributed by atoms with Crippen LogP contribution in [0.15, 0.2) is 101 Å². The number of nitrogens with one attached hydrogen (secondary N) is 5. The number of amides is 5. The number of guanidine groups is 2. The summed E-state index contributed by atoms with van der Waals surface area (Å²) in [5, 5.41) is 25.3. The molecule has 1 saturated heterocycles. The van der Waals surface area contributed by atoms with Gasteiger partial charge in [-0.05, 0) is 64.6 Å². The normalized spacial score (nSPS) is 19.4. The van der Waals surface area contributed by atoms with Crippen LogP contribution in [-0.4, -0.2) is 83.8 Å². The SMILES string of the molecule is NC(N)=NCCC[C@@H]1NC(=O)[C@H](Cc2ccc(N=C(N)N)cc2)NC(=O)[C@@H](Cc2ccc(O)cc2)NC(=O)CNC(=O)[C@H](Cc2ccc3ccccc3c2)NC1=O. The van der Waals surface area contributed by atoms with Crippen LogP contribution < -0.4 is 49.5 Å². The van der Waals surface area contributed by atoms with Gasteiger partial charge in [0.25, 0.3) is 0 Å². The summed E-state index contributed by atoms with van der Waals surface area (Å²) < 4.78 is 0. The monoisotopic (exact) mass is 777 g/mol. The van der Waals surface area contributed by atoms with E-state index in [9.17, 15) is 29.1 Å². The summed E-state index contributed by atoms with van der Waals surface area (Å²) in [6, 6.07) is 21.2. The van der Waals surface area contributed by atoms with E-state index in [0.717, 1.165) is 16.3 Å². The number of nitrogens with zero attached hydrogens (tertiary/aromatic N) is 2. The molecule has 0 saturated carbocycles. The lowest BCUT2D eigenvalue weighted by Crippen LogP contribution is -2.58. The summed E-state index contributed by atoms with van der Waals surface area (Å²) in [6.45, 7) is -0.370. The topological polar surface area (TPSA) is 295 Å². The molecule has 17 heteroatoms. The van der Waals surface area contributed by atoms with E-state index in [2.05, 4.69) is 36.6 Å². The number of hydrogen-bond donors (Lipinski definition) is 10. The molecule has 0 aromatic heterocycles. The number of nitrogens with two attached hydrogens (primary N) is 4. The highest BCUT2D eigenvalue weighted by atomic mass is 16.3. The summed E-state index contributed by atoms with van der Waals surface area (Å²) >= 11 is 0. The molecule has 4 atom stereocenters. The second kappa shape index (κ2) is 19.4. The first-order valence-corrected chi connectivity index (χ1v) is 18.3. The number of phenols is 1. The van der Waals surface area contributed by atoms with Crippen LogP contribution in [-0.2, 0) is 43.2 Å². The molecule has 14 N–H and O–H groups in total. The maximum atomic E-state index is 14.2. The Morgan fingerprint density at radius 3 is 1.75 bits per heavy atom. The molecule has 1 heterocycles. The third kappa shape index (κ3) is 12.4. The molecule has 4 aromatic carbocycles. The first kappa shape index (κ1) is 41.0. The highest BCUT2D eigenvalue weighted by molar-refractivity contribution is 5.97. The van der Waals surface area contributed by atoms with Gasteiger partial charge in [-0.15, -0.1) is 0 Å². The number of phenolic OH excluding ortho intramolecular Hbond substituents is 1. The molecule has 1 aliphatic rings. The van der Waals surface area contributed by atoms with Gasteiger partial charge in [-0.2, -0.15) is 0 Å². The standard InChI is InChI=1S/C40H47N11O6/c41-39(42)45-17-3-6-30-36(55)50-31(21-25-7-12-26-4-1-2-5-27(26)18-25)35(54)46-22-34(53)48-32(19-24-10-15-29(52)16-11-24)37(56)51-33(38(57)49-30)20-23-8-13-28(14-9-23)47-40(43)44/h1-2,4-5,7-16,18,30-33,52H,3,6,17,19-22H2,(H,46,54)(H,48,53)(H,49,57)(H,50,55)(H,51,56)(H4,41,42,45)(H4,43,44,47)/t30-,31-,32+,33-/m0/s1. The Bertz CT molecular complexity index is 2130. The molecule has 57 heavy (non-hydrogen) atoms. The Kier molecular flexibility index (Phi) is 14.0. The Morgan fingerprint density at radius 1 is 0.596 bits per heavy atom. The van der Waals surface area contributed by atoms with Crippen LogP contribution in [0, 0.1) is 0 Å². The molecule has 0 radical (unpaired) electrons. The van der Waals surface area contributed by atoms with Crippen molar-refractivity contribution in [3.63, 3.8) is 0 Å². The summed E-state index contributed by atoms with van der Waals surface area (Å²) in [5.41, 5.74) is 24.4. The van der Waals surface area contributed by atoms with Crippen molar-refractivity contribution in [1.29, 1.82) is 0 Å². The first-order chi connectivity index (χ1) is 27.3. The zero-order chi connectivity index (χ0) is 40.9. The van der Waals surface area contributed by atoms with Gasteiger partial charge in [0.1, 0.15) is 29.9 Å². The number of benzene rings is 4. The van der Waals surface area contributed by atoms with Gasteiger partial charge in [-0.25, -0.2) is 4.99 Å². The predicted octanol–water partition coefficient (Wildman–Crippen LogP) is -0.399. The number of carbonyl (C=O) groups excluding carboxylic acids is 5. The van der Waals surface area contributed by atoms with Gasteiger partial charge in [0, 0.05) is 25.8 Å². The number of aliphatic imine (C=N–C) groups is 2. The van der Waals surface area contributed by atoms with Crippen molar-refractivity contribution in [3.05, 3.63) is 108 Å². The maximum absolute atomic E-state index is 14.2. The van der Waals surface area contributed by atoms with E-state index >= 15 is 0 Å². The van der Waals surface area contributed by atoms with Crippen molar-refractivity contribution in [1.82, 2.24) is 26.6 Å². The molecule has 5 amide bonds. The van der Waals surface area contributed by atoms with Crippen LogP contribution in [0.5, 0.6) is 5.75 Å². The third-order valence-electron chi connectivity index (χ3n) is 9.18. The molecule has 4 aromatic rings. The highest BCUT2D eigenvalue weighted by Gasteiger charge is 2.33. The molecule has 0 bridgehead atoms. The van der Waals surface area contributed by atoms with Gasteiger partial charge in [-0.1, -0.05) is 66.7 Å². The fraction of sp³-hybridized carbons (Fsp3) is 0.275. The number of rotatable bonds is 11. The molecule has 298 valence electrons. The fourth-order valence-electron chi connectivity index (χ4n) is 6.31. The third-order valence-corrected chi connectivity index (χ3v) is 9.18. The van der Waals surface area contributed by atoms with Crippen molar-refractivity contribution in [2.75, 3.05) is 13.1 Å². The second-order valence-electron chi connectivity index (χ2n) is 13.6. The highest BCUT2D eigenvalue weighted by Crippen LogP contribution is 2.18. The minimum absolute atomic E-state index is 0.00821. The van der Waals surface area contributed by atoms with Crippen LogP contribution in [0.25, 0.3) is 10.8 Å². The van der Waals surface area contributed by atoms with E-state index in [1.165, 1.54) is 12.1 Å². The smallest absolute Gasteiger partial charge is 0.243 e. The first-order valence-electron chi connectivity index (χ1n) is 18.3. The van der Waals surface area contributed by atoms with Crippen LogP contribution in [0.3, 0.4) is 0 Å². The predicted molar refractivity (Wildman–Crippen MR) is 216 cm³/mol. The van der Waals surface area contributed by atoms with Crippen molar-refractivity contribution in [2.45, 2.75) is 56.3 Å². The molecular formula is C40H47N11O6. The maximum Gasteiger partial charge on any atom is 0.243 e. The zero-order valence-corrected chi connectivity index (χ0v) is 31.1. The van der Waals surface area contributed by atoms with E-state index in [-0.39, 0.29) is 56.3 Å². The van der Waals surface area contributed by atoms with Crippen molar-refractivity contribution in [3.8, 4) is 5.75 Å². The Balaban J connectivity index is 1.50. The number of carbonyl (C=O) groups is 5. The van der Waals surface area contributed by atoms with Gasteiger partial charge in [0.2, 0.25) is 29.5 Å².